The molecule has 0 unspecified atom stereocenters. The summed E-state index contributed by atoms with van der Waals surface area (Å²) in [5.41, 5.74) is 1.43. The van der Waals surface area contributed by atoms with Crippen LogP contribution in [0.5, 0.6) is 0 Å². The topological polar surface area (TPSA) is 67.8 Å². The predicted molar refractivity (Wildman–Crippen MR) is 118 cm³/mol. The van der Waals surface area contributed by atoms with E-state index < -0.39 is 11.2 Å². The maximum absolute atomic E-state index is 13.4. The van der Waals surface area contributed by atoms with Gasteiger partial charge in [-0.15, -0.1) is 0 Å². The fourth-order valence-electron chi connectivity index (χ4n) is 3.42. The highest BCUT2D eigenvalue weighted by Gasteiger charge is 2.15. The van der Waals surface area contributed by atoms with Gasteiger partial charge in [0.1, 0.15) is 0 Å². The van der Waals surface area contributed by atoms with E-state index in [1.807, 2.05) is 6.07 Å². The molecule has 0 saturated heterocycles. The molecule has 0 aliphatic rings. The lowest BCUT2D eigenvalue weighted by atomic mass is 10.1. The maximum Gasteiger partial charge on any atom is 0.332 e. The van der Waals surface area contributed by atoms with Crippen molar-refractivity contribution >= 4 is 34.1 Å². The molecule has 0 radical (unpaired) electrons. The van der Waals surface area contributed by atoms with Gasteiger partial charge in [0.2, 0.25) is 0 Å². The second-order valence-electron chi connectivity index (χ2n) is 6.78. The standard InChI is InChI=1S/C23H15Cl2N3O2/c24-18-10-9-17(20(25)11-18)14-28-22(29)19-7-3-4-8-21(19)27(23(28)30)13-16-6-2-1-5-15(16)12-26/h1-11H,13-14H2. The van der Waals surface area contributed by atoms with E-state index >= 15 is 0 Å². The van der Waals surface area contributed by atoms with Crippen LogP contribution in [0.25, 0.3) is 10.9 Å². The Kier molecular flexibility index (Phi) is 5.45. The van der Waals surface area contributed by atoms with Gasteiger partial charge in [-0.05, 0) is 41.5 Å². The normalized spacial score (nSPS) is 10.8. The molecule has 7 heteroatoms. The molecule has 0 saturated carbocycles. The minimum Gasteiger partial charge on any atom is -0.289 e. The fraction of sp³-hybridized carbons (Fsp3) is 0.0870. The van der Waals surface area contributed by atoms with Crippen molar-refractivity contribution in [3.05, 3.63) is 114 Å². The van der Waals surface area contributed by atoms with Crippen LogP contribution in [-0.4, -0.2) is 9.13 Å². The zero-order valence-corrected chi connectivity index (χ0v) is 17.2. The zero-order valence-electron chi connectivity index (χ0n) is 15.7. The second kappa shape index (κ2) is 8.19. The van der Waals surface area contributed by atoms with E-state index in [4.69, 9.17) is 23.2 Å². The molecule has 1 heterocycles. The summed E-state index contributed by atoms with van der Waals surface area (Å²) in [6.45, 7) is 0.177. The number of fused-ring (bicyclic) bond motifs is 1. The molecule has 0 spiro atoms. The van der Waals surface area contributed by atoms with E-state index in [0.717, 1.165) is 4.57 Å². The molecule has 0 amide bonds. The van der Waals surface area contributed by atoms with Crippen molar-refractivity contribution in [2.45, 2.75) is 13.1 Å². The number of nitrogens with zero attached hydrogens (tertiary/aromatic N) is 3. The number of hydrogen-bond acceptors (Lipinski definition) is 3. The van der Waals surface area contributed by atoms with Gasteiger partial charge in [-0.2, -0.15) is 5.26 Å². The third kappa shape index (κ3) is 3.63. The predicted octanol–water partition coefficient (Wildman–Crippen LogP) is 4.44. The summed E-state index contributed by atoms with van der Waals surface area (Å²) in [5, 5.41) is 10.7. The summed E-state index contributed by atoms with van der Waals surface area (Å²) in [5.74, 6) is 0. The highest BCUT2D eigenvalue weighted by Crippen LogP contribution is 2.21. The smallest absolute Gasteiger partial charge is 0.289 e. The molecule has 0 atom stereocenters. The van der Waals surface area contributed by atoms with Crippen LogP contribution in [-0.2, 0) is 13.1 Å². The van der Waals surface area contributed by atoms with Crippen molar-refractivity contribution < 1.29 is 0 Å². The molecular formula is C23H15Cl2N3O2. The number of para-hydroxylation sites is 1. The van der Waals surface area contributed by atoms with Crippen molar-refractivity contribution in [2.24, 2.45) is 0 Å². The first kappa shape index (κ1) is 20.0. The second-order valence-corrected chi connectivity index (χ2v) is 7.63. The number of hydrogen-bond donors (Lipinski definition) is 0. The average Bonchev–Trinajstić information content (AvgIpc) is 2.75. The maximum atomic E-state index is 13.4. The summed E-state index contributed by atoms with van der Waals surface area (Å²) >= 11 is 12.2. The molecule has 30 heavy (non-hydrogen) atoms. The molecule has 0 aliphatic carbocycles. The first-order valence-electron chi connectivity index (χ1n) is 9.14. The number of rotatable bonds is 4. The monoisotopic (exact) mass is 435 g/mol. The Balaban J connectivity index is 1.93. The van der Waals surface area contributed by atoms with Crippen LogP contribution in [0.15, 0.2) is 76.3 Å². The minimum atomic E-state index is -0.475. The largest absolute Gasteiger partial charge is 0.332 e. The number of nitriles is 1. The Morgan fingerprint density at radius 2 is 1.53 bits per heavy atom. The van der Waals surface area contributed by atoms with Gasteiger partial charge in [0.25, 0.3) is 5.56 Å². The highest BCUT2D eigenvalue weighted by molar-refractivity contribution is 6.35. The van der Waals surface area contributed by atoms with E-state index in [1.54, 1.807) is 60.7 Å². The Bertz CT molecular complexity index is 1430. The van der Waals surface area contributed by atoms with Gasteiger partial charge in [0.15, 0.2) is 0 Å². The van der Waals surface area contributed by atoms with E-state index in [0.29, 0.717) is 37.6 Å². The average molecular weight is 436 g/mol. The summed E-state index contributed by atoms with van der Waals surface area (Å²) in [6, 6.07) is 21.1. The number of benzene rings is 3. The van der Waals surface area contributed by atoms with Crippen molar-refractivity contribution in [1.82, 2.24) is 9.13 Å². The SMILES string of the molecule is N#Cc1ccccc1Cn1c(=O)n(Cc2ccc(Cl)cc2Cl)c(=O)c2ccccc21. The Hall–Kier alpha value is -3.33. The summed E-state index contributed by atoms with van der Waals surface area (Å²) in [4.78, 5) is 26.5. The molecule has 4 aromatic rings. The van der Waals surface area contributed by atoms with Gasteiger partial charge >= 0.3 is 5.69 Å². The van der Waals surface area contributed by atoms with Crippen LogP contribution in [0.2, 0.25) is 10.0 Å². The molecule has 0 bridgehead atoms. The van der Waals surface area contributed by atoms with Crippen LogP contribution in [0, 0.1) is 11.3 Å². The van der Waals surface area contributed by atoms with Crippen molar-refractivity contribution in [3.8, 4) is 6.07 Å². The third-order valence-corrected chi connectivity index (χ3v) is 5.53. The number of aromatic nitrogens is 2. The molecule has 0 fully saturated rings. The third-order valence-electron chi connectivity index (χ3n) is 4.94. The number of halogens is 2. The van der Waals surface area contributed by atoms with Gasteiger partial charge < -0.3 is 0 Å². The Labute approximate surface area is 182 Å². The van der Waals surface area contributed by atoms with Crippen molar-refractivity contribution in [2.75, 3.05) is 0 Å². The molecule has 3 aromatic carbocycles. The van der Waals surface area contributed by atoms with Crippen LogP contribution in [0.4, 0.5) is 0 Å². The molecular weight excluding hydrogens is 421 g/mol. The Morgan fingerprint density at radius 3 is 2.30 bits per heavy atom. The van der Waals surface area contributed by atoms with Crippen LogP contribution < -0.4 is 11.2 Å². The van der Waals surface area contributed by atoms with Crippen LogP contribution in [0.1, 0.15) is 16.7 Å². The highest BCUT2D eigenvalue weighted by atomic mass is 35.5. The molecule has 4 rings (SSSR count). The van der Waals surface area contributed by atoms with E-state index in [2.05, 4.69) is 6.07 Å². The van der Waals surface area contributed by atoms with Crippen LogP contribution in [0.3, 0.4) is 0 Å². The Morgan fingerprint density at radius 1 is 0.833 bits per heavy atom. The molecule has 0 N–H and O–H groups in total. The molecule has 148 valence electrons. The van der Waals surface area contributed by atoms with Gasteiger partial charge in [0.05, 0.1) is 35.6 Å². The fourth-order valence-corrected chi connectivity index (χ4v) is 3.89. The zero-order chi connectivity index (χ0) is 21.3. The van der Waals surface area contributed by atoms with Gasteiger partial charge in [-0.1, -0.05) is 59.6 Å². The molecule has 1 aromatic heterocycles. The van der Waals surface area contributed by atoms with Crippen molar-refractivity contribution in [1.29, 1.82) is 5.26 Å². The summed E-state index contributed by atoms with van der Waals surface area (Å²) in [6.07, 6.45) is 0. The van der Waals surface area contributed by atoms with Crippen LogP contribution >= 0.6 is 23.2 Å². The lowest BCUT2D eigenvalue weighted by Gasteiger charge is -2.15. The first-order chi connectivity index (χ1) is 14.5. The molecule has 5 nitrogen and oxygen atoms in total. The minimum absolute atomic E-state index is 0.0123. The quantitative estimate of drug-likeness (QED) is 0.475. The lowest BCUT2D eigenvalue weighted by molar-refractivity contribution is 0.635. The van der Waals surface area contributed by atoms with E-state index in [9.17, 15) is 14.9 Å². The summed E-state index contributed by atoms with van der Waals surface area (Å²) < 4.78 is 2.67. The first-order valence-corrected chi connectivity index (χ1v) is 9.89. The van der Waals surface area contributed by atoms with Gasteiger partial charge in [-0.25, -0.2) is 4.79 Å². The molecule has 0 aliphatic heterocycles. The lowest BCUT2D eigenvalue weighted by Crippen LogP contribution is -2.40. The summed E-state index contributed by atoms with van der Waals surface area (Å²) in [7, 11) is 0. The van der Waals surface area contributed by atoms with E-state index in [1.165, 1.54) is 4.57 Å². The van der Waals surface area contributed by atoms with Gasteiger partial charge in [0, 0.05) is 10.0 Å². The van der Waals surface area contributed by atoms with E-state index in [-0.39, 0.29) is 13.1 Å². The van der Waals surface area contributed by atoms with Gasteiger partial charge in [-0.3, -0.25) is 13.9 Å². The van der Waals surface area contributed by atoms with Crippen molar-refractivity contribution in [3.63, 3.8) is 0 Å².